The standard InChI is InChI=1S/C6H12N2O5S/c1-7-14(11,12)8-2-3-13-4-5(8)6(9)10/h5,7H,2-4H2,1H3,(H,9,10). The van der Waals surface area contributed by atoms with E-state index in [0.717, 1.165) is 4.31 Å². The summed E-state index contributed by atoms with van der Waals surface area (Å²) in [7, 11) is -2.45. The molecule has 1 atom stereocenters. The van der Waals surface area contributed by atoms with Crippen molar-refractivity contribution in [3.8, 4) is 0 Å². The van der Waals surface area contributed by atoms with Gasteiger partial charge in [-0.15, -0.1) is 0 Å². The summed E-state index contributed by atoms with van der Waals surface area (Å²) in [4.78, 5) is 10.7. The molecular weight excluding hydrogens is 212 g/mol. The Hall–Kier alpha value is -0.700. The molecule has 0 spiro atoms. The molecule has 0 amide bonds. The first kappa shape index (κ1) is 11.4. The van der Waals surface area contributed by atoms with Crippen LogP contribution in [0.25, 0.3) is 0 Å². The van der Waals surface area contributed by atoms with Crippen LogP contribution in [0.15, 0.2) is 0 Å². The first-order chi connectivity index (χ1) is 6.49. The fraction of sp³-hybridized carbons (Fsp3) is 0.833. The zero-order valence-electron chi connectivity index (χ0n) is 7.63. The highest BCUT2D eigenvalue weighted by Crippen LogP contribution is 2.10. The number of carbonyl (C=O) groups is 1. The van der Waals surface area contributed by atoms with Crippen LogP contribution in [0.1, 0.15) is 0 Å². The van der Waals surface area contributed by atoms with Crippen molar-refractivity contribution in [3.05, 3.63) is 0 Å². The largest absolute Gasteiger partial charge is 0.480 e. The lowest BCUT2D eigenvalue weighted by molar-refractivity contribution is -0.146. The average Bonchev–Trinajstić information content (AvgIpc) is 2.18. The third kappa shape index (κ3) is 2.21. The van der Waals surface area contributed by atoms with Gasteiger partial charge in [-0.1, -0.05) is 0 Å². The molecule has 0 aromatic rings. The summed E-state index contributed by atoms with van der Waals surface area (Å²) in [6, 6.07) is -1.14. The molecule has 1 saturated heterocycles. The summed E-state index contributed by atoms with van der Waals surface area (Å²) >= 11 is 0. The van der Waals surface area contributed by atoms with Gasteiger partial charge in [-0.3, -0.25) is 4.79 Å². The zero-order chi connectivity index (χ0) is 10.8. The lowest BCUT2D eigenvalue weighted by Crippen LogP contribution is -2.55. The van der Waals surface area contributed by atoms with Crippen molar-refractivity contribution in [2.75, 3.05) is 26.8 Å². The van der Waals surface area contributed by atoms with Gasteiger partial charge in [-0.25, -0.2) is 4.72 Å². The molecule has 1 unspecified atom stereocenters. The molecule has 1 aliphatic heterocycles. The van der Waals surface area contributed by atoms with Crippen LogP contribution >= 0.6 is 0 Å². The molecule has 1 rings (SSSR count). The van der Waals surface area contributed by atoms with Crippen LogP contribution in [0.2, 0.25) is 0 Å². The topological polar surface area (TPSA) is 95.9 Å². The van der Waals surface area contributed by atoms with E-state index in [1.165, 1.54) is 7.05 Å². The minimum absolute atomic E-state index is 0.0557. The van der Waals surface area contributed by atoms with E-state index in [1.54, 1.807) is 0 Å². The fourth-order valence-corrected chi connectivity index (χ4v) is 2.22. The molecule has 14 heavy (non-hydrogen) atoms. The SMILES string of the molecule is CNS(=O)(=O)N1CCOCC1C(=O)O. The van der Waals surface area contributed by atoms with E-state index in [4.69, 9.17) is 9.84 Å². The lowest BCUT2D eigenvalue weighted by Gasteiger charge is -2.31. The van der Waals surface area contributed by atoms with E-state index in [9.17, 15) is 13.2 Å². The summed E-state index contributed by atoms with van der Waals surface area (Å²) in [5.74, 6) is -1.21. The van der Waals surface area contributed by atoms with Crippen LogP contribution < -0.4 is 4.72 Å². The third-order valence-electron chi connectivity index (χ3n) is 1.93. The Morgan fingerprint density at radius 3 is 2.79 bits per heavy atom. The fourth-order valence-electron chi connectivity index (χ4n) is 1.19. The number of nitrogens with one attached hydrogen (secondary N) is 1. The van der Waals surface area contributed by atoms with Crippen molar-refractivity contribution in [2.45, 2.75) is 6.04 Å². The zero-order valence-corrected chi connectivity index (χ0v) is 8.45. The second kappa shape index (κ2) is 4.22. The maximum atomic E-state index is 11.4. The maximum absolute atomic E-state index is 11.4. The molecule has 1 fully saturated rings. The normalized spacial score (nSPS) is 24.8. The first-order valence-electron chi connectivity index (χ1n) is 4.00. The summed E-state index contributed by atoms with van der Waals surface area (Å²) in [5.41, 5.74) is 0. The van der Waals surface area contributed by atoms with E-state index in [2.05, 4.69) is 4.72 Å². The quantitative estimate of drug-likeness (QED) is 0.592. The van der Waals surface area contributed by atoms with Gasteiger partial charge in [0.2, 0.25) is 0 Å². The van der Waals surface area contributed by atoms with Gasteiger partial charge >= 0.3 is 5.97 Å². The highest BCUT2D eigenvalue weighted by Gasteiger charge is 2.36. The molecule has 82 valence electrons. The molecule has 1 aliphatic rings. The van der Waals surface area contributed by atoms with E-state index >= 15 is 0 Å². The van der Waals surface area contributed by atoms with Gasteiger partial charge < -0.3 is 9.84 Å². The summed E-state index contributed by atoms with van der Waals surface area (Å²) in [6.07, 6.45) is 0. The molecule has 0 aromatic carbocycles. The maximum Gasteiger partial charge on any atom is 0.324 e. The molecule has 0 aliphatic carbocycles. The van der Waals surface area contributed by atoms with E-state index in [-0.39, 0.29) is 19.8 Å². The average molecular weight is 224 g/mol. The van der Waals surface area contributed by atoms with E-state index in [0.29, 0.717) is 0 Å². The molecule has 1 heterocycles. The third-order valence-corrected chi connectivity index (χ3v) is 3.50. The van der Waals surface area contributed by atoms with E-state index in [1.807, 2.05) is 0 Å². The molecule has 0 bridgehead atoms. The van der Waals surface area contributed by atoms with Crippen molar-refractivity contribution < 1.29 is 23.1 Å². The number of carboxylic acid groups (broad SMARTS) is 1. The monoisotopic (exact) mass is 224 g/mol. The van der Waals surface area contributed by atoms with Crippen LogP contribution in [-0.4, -0.2) is 56.6 Å². The predicted molar refractivity (Wildman–Crippen MR) is 46.9 cm³/mol. The number of aliphatic carboxylic acids is 1. The minimum atomic E-state index is -3.69. The van der Waals surface area contributed by atoms with Gasteiger partial charge in [0.05, 0.1) is 13.2 Å². The number of morpholine rings is 1. The Labute approximate surface area is 81.8 Å². The molecule has 2 N–H and O–H groups in total. The second-order valence-corrected chi connectivity index (χ2v) is 4.58. The highest BCUT2D eigenvalue weighted by molar-refractivity contribution is 7.87. The van der Waals surface area contributed by atoms with Crippen LogP contribution in [0.4, 0.5) is 0 Å². The van der Waals surface area contributed by atoms with Crippen LogP contribution in [0.3, 0.4) is 0 Å². The molecule has 0 saturated carbocycles. The number of carboxylic acids is 1. The number of hydrogen-bond donors (Lipinski definition) is 2. The number of rotatable bonds is 3. The van der Waals surface area contributed by atoms with Gasteiger partial charge in [-0.2, -0.15) is 12.7 Å². The van der Waals surface area contributed by atoms with Crippen molar-refractivity contribution in [2.24, 2.45) is 0 Å². The molecular formula is C6H12N2O5S. The molecule has 0 aromatic heterocycles. The van der Waals surface area contributed by atoms with E-state index < -0.39 is 22.2 Å². The first-order valence-corrected chi connectivity index (χ1v) is 5.44. The number of hydrogen-bond acceptors (Lipinski definition) is 4. The number of nitrogens with zero attached hydrogens (tertiary/aromatic N) is 1. The van der Waals surface area contributed by atoms with Gasteiger partial charge in [0.25, 0.3) is 10.2 Å². The Kier molecular flexibility index (Phi) is 3.43. The van der Waals surface area contributed by atoms with Gasteiger partial charge in [0.15, 0.2) is 0 Å². The Balaban J connectivity index is 2.88. The van der Waals surface area contributed by atoms with Crippen molar-refractivity contribution in [1.82, 2.24) is 9.03 Å². The second-order valence-electron chi connectivity index (χ2n) is 2.75. The molecule has 7 nitrogen and oxygen atoms in total. The molecule has 8 heteroatoms. The Morgan fingerprint density at radius 2 is 2.29 bits per heavy atom. The summed E-state index contributed by atoms with van der Waals surface area (Å²) in [5, 5.41) is 8.75. The van der Waals surface area contributed by atoms with Gasteiger partial charge in [0.1, 0.15) is 6.04 Å². The molecule has 0 radical (unpaired) electrons. The van der Waals surface area contributed by atoms with Gasteiger partial charge in [-0.05, 0) is 0 Å². The van der Waals surface area contributed by atoms with Crippen molar-refractivity contribution in [1.29, 1.82) is 0 Å². The summed E-state index contributed by atoms with van der Waals surface area (Å²) < 4.78 is 30.6. The Bertz CT molecular complexity index is 314. The van der Waals surface area contributed by atoms with Gasteiger partial charge in [0, 0.05) is 13.6 Å². The summed E-state index contributed by atoms with van der Waals surface area (Å²) in [6.45, 7) is 0.154. The smallest absolute Gasteiger partial charge is 0.324 e. The van der Waals surface area contributed by atoms with Crippen LogP contribution in [-0.2, 0) is 19.7 Å². The van der Waals surface area contributed by atoms with Crippen LogP contribution in [0, 0.1) is 0 Å². The predicted octanol–water partition coefficient (Wildman–Crippen LogP) is -1.76. The Morgan fingerprint density at radius 1 is 1.64 bits per heavy atom. The highest BCUT2D eigenvalue weighted by atomic mass is 32.2. The minimum Gasteiger partial charge on any atom is -0.480 e. The lowest BCUT2D eigenvalue weighted by atomic mass is 10.3. The van der Waals surface area contributed by atoms with Crippen LogP contribution in [0.5, 0.6) is 0 Å². The number of ether oxygens (including phenoxy) is 1. The van der Waals surface area contributed by atoms with Crippen molar-refractivity contribution >= 4 is 16.2 Å². The van der Waals surface area contributed by atoms with Crippen molar-refractivity contribution in [3.63, 3.8) is 0 Å².